The number of hydrogen-bond acceptors (Lipinski definition) is 6. The second-order valence-corrected chi connectivity index (χ2v) is 10.5. The molecular weight excluding hydrogens is 532 g/mol. The van der Waals surface area contributed by atoms with Crippen molar-refractivity contribution in [1.82, 2.24) is 20.4 Å². The number of nitrogens with zero attached hydrogens (tertiary/aromatic N) is 3. The number of methoxy groups -OCH3 is 1. The topological polar surface area (TPSA) is 118 Å². The maximum Gasteiger partial charge on any atom is 0.323 e. The Morgan fingerprint density at radius 1 is 0.976 bits per heavy atom. The van der Waals surface area contributed by atoms with Crippen LogP contribution in [0.3, 0.4) is 0 Å². The Bertz CT molecular complexity index is 1620. The molecule has 3 aromatic rings. The molecule has 10 heteroatoms. The van der Waals surface area contributed by atoms with E-state index in [4.69, 9.17) is 10.1 Å². The highest BCUT2D eigenvalue weighted by Gasteiger charge is 2.48. The van der Waals surface area contributed by atoms with Gasteiger partial charge in [0.05, 0.1) is 13.7 Å². The summed E-state index contributed by atoms with van der Waals surface area (Å²) in [5.41, 5.74) is 2.30. The number of urea groups is 1. The van der Waals surface area contributed by atoms with Crippen LogP contribution in [0.2, 0.25) is 0 Å². The summed E-state index contributed by atoms with van der Waals surface area (Å²) in [6.07, 6.45) is 0. The van der Waals surface area contributed by atoms with E-state index in [1.54, 1.807) is 24.3 Å². The van der Waals surface area contributed by atoms with Gasteiger partial charge in [-0.05, 0) is 42.0 Å². The Morgan fingerprint density at radius 2 is 1.71 bits per heavy atom. The minimum absolute atomic E-state index is 0.106. The maximum atomic E-state index is 13.1. The highest BCUT2D eigenvalue weighted by molar-refractivity contribution is 6.10. The molecule has 0 radical (unpaired) electrons. The predicted molar refractivity (Wildman–Crippen MR) is 158 cm³/mol. The minimum Gasteiger partial charge on any atom is -0.497 e. The van der Waals surface area contributed by atoms with Gasteiger partial charge in [0.1, 0.15) is 11.6 Å². The van der Waals surface area contributed by atoms with Crippen LogP contribution in [0.25, 0.3) is 0 Å². The highest BCUT2D eigenvalue weighted by Crippen LogP contribution is 2.28. The highest BCUT2D eigenvalue weighted by atomic mass is 16.5. The molecule has 1 atom stereocenters. The molecule has 2 saturated heterocycles. The third kappa shape index (κ3) is 5.12. The van der Waals surface area contributed by atoms with Gasteiger partial charge in [-0.1, -0.05) is 48.2 Å². The number of benzene rings is 3. The van der Waals surface area contributed by atoms with E-state index in [0.29, 0.717) is 29.3 Å². The number of para-hydroxylation sites is 1. The van der Waals surface area contributed by atoms with Crippen molar-refractivity contribution < 1.29 is 19.1 Å². The van der Waals surface area contributed by atoms with Crippen molar-refractivity contribution in [1.29, 1.82) is 5.41 Å². The quantitative estimate of drug-likeness (QED) is 0.190. The first-order chi connectivity index (χ1) is 20.3. The lowest BCUT2D eigenvalue weighted by Gasteiger charge is -2.37. The molecule has 3 aliphatic rings. The number of anilines is 1. The lowest BCUT2D eigenvalue weighted by atomic mass is 9.99. The van der Waals surface area contributed by atoms with Gasteiger partial charge in [-0.3, -0.25) is 20.3 Å². The van der Waals surface area contributed by atoms with E-state index in [-0.39, 0.29) is 12.5 Å². The van der Waals surface area contributed by atoms with E-state index in [1.807, 2.05) is 36.4 Å². The molecule has 212 valence electrons. The molecule has 3 aromatic carbocycles. The Balaban J connectivity index is 1.14. The van der Waals surface area contributed by atoms with E-state index >= 15 is 0 Å². The minimum atomic E-state index is -1.59. The molecule has 0 aromatic heterocycles. The van der Waals surface area contributed by atoms with Gasteiger partial charge in [0.2, 0.25) is 5.54 Å². The Morgan fingerprint density at radius 3 is 2.38 bits per heavy atom. The number of amides is 4. The van der Waals surface area contributed by atoms with Crippen molar-refractivity contribution in [2.75, 3.05) is 44.7 Å². The van der Waals surface area contributed by atoms with E-state index in [2.05, 4.69) is 44.4 Å². The van der Waals surface area contributed by atoms with Gasteiger partial charge in [0, 0.05) is 55.1 Å². The molecule has 0 spiro atoms. The van der Waals surface area contributed by atoms with Gasteiger partial charge in [0.15, 0.2) is 0 Å². The van der Waals surface area contributed by atoms with Gasteiger partial charge in [-0.25, -0.2) is 4.79 Å². The maximum absolute atomic E-state index is 13.1. The molecule has 10 nitrogen and oxygen atoms in total. The van der Waals surface area contributed by atoms with Crippen molar-refractivity contribution in [3.63, 3.8) is 0 Å². The number of hydrogen-bond donors (Lipinski definition) is 3. The number of rotatable bonds is 5. The van der Waals surface area contributed by atoms with Crippen LogP contribution in [0.5, 0.6) is 5.75 Å². The van der Waals surface area contributed by atoms with Crippen molar-refractivity contribution in [2.45, 2.75) is 12.1 Å². The molecule has 0 saturated carbocycles. The van der Waals surface area contributed by atoms with Crippen LogP contribution >= 0.6 is 0 Å². The molecule has 3 N–H and O–H groups in total. The van der Waals surface area contributed by atoms with E-state index in [9.17, 15) is 14.4 Å². The normalized spacial score (nSPS) is 19.5. The van der Waals surface area contributed by atoms with Crippen molar-refractivity contribution in [2.24, 2.45) is 0 Å². The third-order valence-corrected chi connectivity index (χ3v) is 7.86. The monoisotopic (exact) mass is 562 g/mol. The van der Waals surface area contributed by atoms with Crippen molar-refractivity contribution in [3.05, 3.63) is 95.1 Å². The zero-order chi connectivity index (χ0) is 29.3. The Kier molecular flexibility index (Phi) is 7.00. The van der Waals surface area contributed by atoms with Crippen LogP contribution in [0, 0.1) is 17.3 Å². The summed E-state index contributed by atoms with van der Waals surface area (Å²) in [4.78, 5) is 44.1. The van der Waals surface area contributed by atoms with Crippen LogP contribution in [0.1, 0.15) is 27.0 Å². The molecule has 3 aliphatic heterocycles. The van der Waals surface area contributed by atoms with E-state index < -0.39 is 17.5 Å². The van der Waals surface area contributed by atoms with Crippen LogP contribution < -0.4 is 20.3 Å². The second-order valence-electron chi connectivity index (χ2n) is 10.5. The van der Waals surface area contributed by atoms with Crippen LogP contribution in [0.4, 0.5) is 10.5 Å². The molecule has 6 rings (SSSR count). The van der Waals surface area contributed by atoms with Gasteiger partial charge in [-0.2, -0.15) is 0 Å². The smallest absolute Gasteiger partial charge is 0.323 e. The first kappa shape index (κ1) is 26.9. The number of ether oxygens (including phenoxy) is 1. The standard InChI is InChI=1S/C32H30N6O4/c1-42-26-12-11-24-20-38(29(39)27(24)19-26)21-32(30(40)34-31(41)35-32)14-13-22-7-9-23(10-8-22)28(33)37-17-15-36(16-18-37)25-5-3-2-4-6-25/h2-12,19,33H,15-18,20-21H2,1H3,(H2,34,35,40,41). The summed E-state index contributed by atoms with van der Waals surface area (Å²) in [5, 5.41) is 13.6. The number of carbonyl (C=O) groups excluding carboxylic acids is 3. The first-order valence-electron chi connectivity index (χ1n) is 13.7. The second kappa shape index (κ2) is 10.9. The molecule has 42 heavy (non-hydrogen) atoms. The molecule has 4 amide bonds. The molecular formula is C32H30N6O4. The first-order valence-corrected chi connectivity index (χ1v) is 13.7. The molecule has 0 bridgehead atoms. The summed E-state index contributed by atoms with van der Waals surface area (Å²) in [6.45, 7) is 3.36. The zero-order valence-electron chi connectivity index (χ0n) is 23.1. The lowest BCUT2D eigenvalue weighted by Crippen LogP contribution is -2.54. The molecule has 1 unspecified atom stereocenters. The Hall–Kier alpha value is -5.30. The fourth-order valence-corrected chi connectivity index (χ4v) is 5.51. The molecule has 3 heterocycles. The van der Waals surface area contributed by atoms with E-state index in [1.165, 1.54) is 17.7 Å². The van der Waals surface area contributed by atoms with Crippen molar-refractivity contribution in [3.8, 4) is 17.6 Å². The van der Waals surface area contributed by atoms with Crippen LogP contribution in [-0.2, 0) is 11.3 Å². The van der Waals surface area contributed by atoms with Gasteiger partial charge < -0.3 is 24.8 Å². The summed E-state index contributed by atoms with van der Waals surface area (Å²) < 4.78 is 5.24. The number of carbonyl (C=O) groups is 3. The average Bonchev–Trinajstić information content (AvgIpc) is 3.49. The summed E-state index contributed by atoms with van der Waals surface area (Å²) in [5.74, 6) is 6.10. The van der Waals surface area contributed by atoms with E-state index in [0.717, 1.165) is 37.3 Å². The number of imide groups is 1. The largest absolute Gasteiger partial charge is 0.497 e. The van der Waals surface area contributed by atoms with Gasteiger partial charge >= 0.3 is 6.03 Å². The zero-order valence-corrected chi connectivity index (χ0v) is 23.1. The SMILES string of the molecule is COc1ccc2c(c1)C(=O)N(CC1(C#Cc3ccc(C(=N)N4CCN(c5ccccc5)CC4)cc3)NC(=O)NC1=O)C2. The predicted octanol–water partition coefficient (Wildman–Crippen LogP) is 2.43. The summed E-state index contributed by atoms with van der Waals surface area (Å²) in [6, 6.07) is 22.2. The number of nitrogens with one attached hydrogen (secondary N) is 3. The summed E-state index contributed by atoms with van der Waals surface area (Å²) in [7, 11) is 1.53. The number of fused-ring (bicyclic) bond motifs is 1. The van der Waals surface area contributed by atoms with Gasteiger partial charge in [-0.15, -0.1) is 0 Å². The fourth-order valence-electron chi connectivity index (χ4n) is 5.51. The van der Waals surface area contributed by atoms with Crippen molar-refractivity contribution >= 4 is 29.4 Å². The van der Waals surface area contributed by atoms with Gasteiger partial charge in [0.25, 0.3) is 11.8 Å². The third-order valence-electron chi connectivity index (χ3n) is 7.86. The lowest BCUT2D eigenvalue weighted by molar-refractivity contribution is -0.122. The fraction of sp³-hybridized carbons (Fsp3) is 0.250. The number of amidine groups is 1. The average molecular weight is 563 g/mol. The Labute approximate surface area is 243 Å². The number of piperazine rings is 1. The molecule has 0 aliphatic carbocycles. The van der Waals surface area contributed by atoms with Crippen LogP contribution in [0.15, 0.2) is 72.8 Å². The molecule has 2 fully saturated rings. The summed E-state index contributed by atoms with van der Waals surface area (Å²) >= 11 is 0. The van der Waals surface area contributed by atoms with Crippen LogP contribution in [-0.4, -0.2) is 78.9 Å².